The van der Waals surface area contributed by atoms with Gasteiger partial charge in [-0.1, -0.05) is 32.0 Å². The number of hydrogen-bond acceptors (Lipinski definition) is 4. The molecule has 27 heavy (non-hydrogen) atoms. The van der Waals surface area contributed by atoms with Gasteiger partial charge < -0.3 is 20.4 Å². The van der Waals surface area contributed by atoms with Crippen molar-refractivity contribution in [1.82, 2.24) is 10.2 Å². The van der Waals surface area contributed by atoms with Crippen molar-refractivity contribution in [2.75, 3.05) is 13.1 Å². The van der Waals surface area contributed by atoms with Crippen LogP contribution in [0, 0.1) is 12.8 Å². The van der Waals surface area contributed by atoms with Crippen LogP contribution in [0.4, 0.5) is 0 Å². The van der Waals surface area contributed by atoms with Gasteiger partial charge in [0.25, 0.3) is 5.91 Å². The average molecular weight is 376 g/mol. The third-order valence-corrected chi connectivity index (χ3v) is 5.00. The molecule has 0 radical (unpaired) electrons. The lowest BCUT2D eigenvalue weighted by molar-refractivity contribution is -0.165. The van der Waals surface area contributed by atoms with E-state index >= 15 is 0 Å². The molecule has 0 aliphatic carbocycles. The molecular formula is C20H28N2O5. The summed E-state index contributed by atoms with van der Waals surface area (Å²) in [5.74, 6) is -1.61. The summed E-state index contributed by atoms with van der Waals surface area (Å²) < 4.78 is 0. The van der Waals surface area contributed by atoms with Gasteiger partial charge in [-0.15, -0.1) is 0 Å². The Morgan fingerprint density at radius 3 is 2.30 bits per heavy atom. The lowest BCUT2D eigenvalue weighted by Gasteiger charge is -2.37. The predicted molar refractivity (Wildman–Crippen MR) is 100 cm³/mol. The molecule has 148 valence electrons. The van der Waals surface area contributed by atoms with Crippen molar-refractivity contribution in [2.45, 2.75) is 51.7 Å². The summed E-state index contributed by atoms with van der Waals surface area (Å²) in [4.78, 5) is 38.3. The number of piperidine rings is 1. The number of carbonyl (C=O) groups excluding carboxylic acids is 2. The molecule has 1 fully saturated rings. The van der Waals surface area contributed by atoms with Crippen molar-refractivity contribution in [3.63, 3.8) is 0 Å². The number of carboxylic acid groups (broad SMARTS) is 1. The fourth-order valence-corrected chi connectivity index (χ4v) is 3.29. The molecule has 1 heterocycles. The van der Waals surface area contributed by atoms with Gasteiger partial charge in [-0.25, -0.2) is 4.79 Å². The highest BCUT2D eigenvalue weighted by Gasteiger charge is 2.41. The van der Waals surface area contributed by atoms with Gasteiger partial charge in [0.2, 0.25) is 5.91 Å². The monoisotopic (exact) mass is 376 g/mol. The number of hydrogen-bond donors (Lipinski definition) is 3. The molecular weight excluding hydrogens is 348 g/mol. The van der Waals surface area contributed by atoms with Crippen molar-refractivity contribution in [3.05, 3.63) is 35.4 Å². The average Bonchev–Trinajstić information content (AvgIpc) is 2.61. The first kappa shape index (κ1) is 20.9. The van der Waals surface area contributed by atoms with Crippen molar-refractivity contribution < 1.29 is 24.6 Å². The largest absolute Gasteiger partial charge is 0.479 e. The Bertz CT molecular complexity index is 708. The quantitative estimate of drug-likeness (QED) is 0.699. The first-order valence-electron chi connectivity index (χ1n) is 9.25. The molecule has 1 aromatic carbocycles. The van der Waals surface area contributed by atoms with Gasteiger partial charge in [-0.2, -0.15) is 0 Å². The second-order valence-electron chi connectivity index (χ2n) is 7.63. The van der Waals surface area contributed by atoms with Crippen LogP contribution in [0.2, 0.25) is 0 Å². The number of nitrogens with one attached hydrogen (secondary N) is 1. The summed E-state index contributed by atoms with van der Waals surface area (Å²) in [7, 11) is 0. The molecule has 0 aromatic heterocycles. The standard InChI is InChI=1S/C20H28N2O5/c1-13(2)12-16(21-17(23)15-7-5-4-6-14(15)3)18(24)22-10-8-20(27,9-11-22)19(25)26/h4-7,13,16,27H,8-12H2,1-3H3,(H,21,23)(H,25,26). The van der Waals surface area contributed by atoms with Crippen LogP contribution in [-0.4, -0.2) is 57.6 Å². The second kappa shape index (κ2) is 8.52. The Hall–Kier alpha value is -2.41. The van der Waals surface area contributed by atoms with E-state index in [2.05, 4.69) is 5.32 Å². The van der Waals surface area contributed by atoms with Crippen molar-refractivity contribution in [1.29, 1.82) is 0 Å². The smallest absolute Gasteiger partial charge is 0.335 e. The molecule has 1 aliphatic rings. The lowest BCUT2D eigenvalue weighted by atomic mass is 9.91. The molecule has 0 spiro atoms. The zero-order valence-electron chi connectivity index (χ0n) is 16.1. The summed E-state index contributed by atoms with van der Waals surface area (Å²) in [5, 5.41) is 22.0. The SMILES string of the molecule is Cc1ccccc1C(=O)NC(CC(C)C)C(=O)N1CCC(O)(C(=O)O)CC1. The number of aryl methyl sites for hydroxylation is 1. The maximum absolute atomic E-state index is 12.9. The minimum atomic E-state index is -1.78. The van der Waals surface area contributed by atoms with Gasteiger partial charge in [0.15, 0.2) is 5.60 Å². The molecule has 0 bridgehead atoms. The topological polar surface area (TPSA) is 107 Å². The number of aliphatic hydroxyl groups is 1. The van der Waals surface area contributed by atoms with Gasteiger partial charge >= 0.3 is 5.97 Å². The predicted octanol–water partition coefficient (Wildman–Crippen LogP) is 1.58. The third kappa shape index (κ3) is 5.07. The van der Waals surface area contributed by atoms with E-state index in [1.807, 2.05) is 32.9 Å². The fourth-order valence-electron chi connectivity index (χ4n) is 3.29. The molecule has 7 nitrogen and oxygen atoms in total. The first-order valence-corrected chi connectivity index (χ1v) is 9.25. The van der Waals surface area contributed by atoms with Crippen LogP contribution < -0.4 is 5.32 Å². The van der Waals surface area contributed by atoms with Gasteiger partial charge in [0.1, 0.15) is 6.04 Å². The molecule has 0 saturated carbocycles. The van der Waals surface area contributed by atoms with Gasteiger partial charge in [-0.05, 0) is 30.9 Å². The Kier molecular flexibility index (Phi) is 6.59. The summed E-state index contributed by atoms with van der Waals surface area (Å²) in [6.45, 7) is 6.08. The first-order chi connectivity index (χ1) is 12.6. The van der Waals surface area contributed by atoms with E-state index in [0.717, 1.165) is 5.56 Å². The number of nitrogens with zero attached hydrogens (tertiary/aromatic N) is 1. The van der Waals surface area contributed by atoms with E-state index in [0.29, 0.717) is 12.0 Å². The van der Waals surface area contributed by atoms with Gasteiger partial charge in [-0.3, -0.25) is 9.59 Å². The Labute approximate surface area is 159 Å². The number of carboxylic acids is 1. The van der Waals surface area contributed by atoms with E-state index in [-0.39, 0.29) is 43.7 Å². The van der Waals surface area contributed by atoms with E-state index < -0.39 is 17.6 Å². The van der Waals surface area contributed by atoms with Gasteiger partial charge in [0.05, 0.1) is 0 Å². The highest BCUT2D eigenvalue weighted by molar-refractivity contribution is 5.98. The third-order valence-electron chi connectivity index (χ3n) is 5.00. The Morgan fingerprint density at radius 1 is 1.19 bits per heavy atom. The summed E-state index contributed by atoms with van der Waals surface area (Å²) in [6.07, 6.45) is 0.443. The minimum Gasteiger partial charge on any atom is -0.479 e. The van der Waals surface area contributed by atoms with Crippen molar-refractivity contribution in [2.24, 2.45) is 5.92 Å². The van der Waals surface area contributed by atoms with E-state index in [1.54, 1.807) is 12.1 Å². The number of aliphatic carboxylic acids is 1. The summed E-state index contributed by atoms with van der Waals surface area (Å²) in [5.41, 5.74) is -0.428. The fraction of sp³-hybridized carbons (Fsp3) is 0.550. The number of carbonyl (C=O) groups is 3. The Morgan fingerprint density at radius 2 is 1.78 bits per heavy atom. The highest BCUT2D eigenvalue weighted by atomic mass is 16.4. The molecule has 1 unspecified atom stereocenters. The van der Waals surface area contributed by atoms with Crippen LogP contribution in [0.15, 0.2) is 24.3 Å². The zero-order chi connectivity index (χ0) is 20.2. The molecule has 1 aromatic rings. The Balaban J connectivity index is 2.10. The van der Waals surface area contributed by atoms with Gasteiger partial charge in [0, 0.05) is 31.5 Å². The van der Waals surface area contributed by atoms with Crippen molar-refractivity contribution >= 4 is 17.8 Å². The molecule has 7 heteroatoms. The van der Waals surface area contributed by atoms with Crippen LogP contribution in [-0.2, 0) is 9.59 Å². The van der Waals surface area contributed by atoms with Crippen LogP contribution >= 0.6 is 0 Å². The van der Waals surface area contributed by atoms with Crippen LogP contribution in [0.1, 0.15) is 49.0 Å². The van der Waals surface area contributed by atoms with E-state index in [4.69, 9.17) is 5.11 Å². The maximum Gasteiger partial charge on any atom is 0.335 e. The minimum absolute atomic E-state index is 0.0196. The number of likely N-dealkylation sites (tertiary alicyclic amines) is 1. The molecule has 1 saturated heterocycles. The molecule has 1 aliphatic heterocycles. The van der Waals surface area contributed by atoms with Crippen molar-refractivity contribution in [3.8, 4) is 0 Å². The highest BCUT2D eigenvalue weighted by Crippen LogP contribution is 2.23. The number of rotatable bonds is 6. The summed E-state index contributed by atoms with van der Waals surface area (Å²) in [6, 6.07) is 6.49. The number of amides is 2. The summed E-state index contributed by atoms with van der Waals surface area (Å²) >= 11 is 0. The normalized spacial score (nSPS) is 17.4. The van der Waals surface area contributed by atoms with Crippen LogP contribution in [0.5, 0.6) is 0 Å². The maximum atomic E-state index is 12.9. The van der Waals surface area contributed by atoms with Crippen LogP contribution in [0.3, 0.4) is 0 Å². The van der Waals surface area contributed by atoms with Crippen LogP contribution in [0.25, 0.3) is 0 Å². The van der Waals surface area contributed by atoms with E-state index in [1.165, 1.54) is 4.90 Å². The lowest BCUT2D eigenvalue weighted by Crippen LogP contribution is -2.55. The van der Waals surface area contributed by atoms with E-state index in [9.17, 15) is 19.5 Å². The second-order valence-corrected chi connectivity index (χ2v) is 7.63. The zero-order valence-corrected chi connectivity index (χ0v) is 16.1. The molecule has 3 N–H and O–H groups in total. The molecule has 1 atom stereocenters. The molecule has 2 rings (SSSR count). The molecule has 2 amide bonds. The number of benzene rings is 1.